The highest BCUT2D eigenvalue weighted by Crippen LogP contribution is 2.40. The molecule has 0 spiro atoms. The van der Waals surface area contributed by atoms with Gasteiger partial charge in [0.2, 0.25) is 0 Å². The van der Waals surface area contributed by atoms with Crippen LogP contribution in [0.3, 0.4) is 0 Å². The maximum atomic E-state index is 13.1. The van der Waals surface area contributed by atoms with Crippen LogP contribution >= 0.6 is 0 Å². The average Bonchev–Trinajstić information content (AvgIpc) is 2.38. The number of alkyl halides is 3. The average molecular weight is 288 g/mol. The molecule has 0 radical (unpaired) electrons. The van der Waals surface area contributed by atoms with E-state index >= 15 is 0 Å². The van der Waals surface area contributed by atoms with Crippen molar-refractivity contribution in [2.24, 2.45) is 0 Å². The Bertz CT molecular complexity index is 509. The van der Waals surface area contributed by atoms with Crippen molar-refractivity contribution in [2.75, 3.05) is 20.1 Å². The summed E-state index contributed by atoms with van der Waals surface area (Å²) < 4.78 is 39.3. The number of benzene rings is 1. The number of non-ortho nitro benzene ring substituents is 1. The van der Waals surface area contributed by atoms with Gasteiger partial charge in [0.25, 0.3) is 5.69 Å². The molecule has 0 aliphatic carbocycles. The van der Waals surface area contributed by atoms with Gasteiger partial charge < -0.3 is 4.90 Å². The van der Waals surface area contributed by atoms with Gasteiger partial charge in [-0.2, -0.15) is 13.2 Å². The first-order chi connectivity index (χ1) is 9.29. The van der Waals surface area contributed by atoms with E-state index in [2.05, 4.69) is 4.90 Å². The van der Waals surface area contributed by atoms with Gasteiger partial charge >= 0.3 is 6.18 Å². The molecule has 0 aromatic heterocycles. The number of likely N-dealkylation sites (tertiary alicyclic amines) is 1. The first-order valence-electron chi connectivity index (χ1n) is 6.33. The van der Waals surface area contributed by atoms with E-state index in [4.69, 9.17) is 0 Å². The molecule has 1 heterocycles. The molecule has 0 bridgehead atoms. The third-order valence-corrected chi connectivity index (χ3v) is 3.71. The molecule has 20 heavy (non-hydrogen) atoms. The van der Waals surface area contributed by atoms with E-state index in [9.17, 15) is 23.3 Å². The van der Waals surface area contributed by atoms with Gasteiger partial charge in [-0.1, -0.05) is 6.07 Å². The number of nitro benzene ring substituents is 1. The van der Waals surface area contributed by atoms with Crippen molar-refractivity contribution >= 4 is 5.69 Å². The van der Waals surface area contributed by atoms with Gasteiger partial charge in [0.1, 0.15) is 0 Å². The summed E-state index contributed by atoms with van der Waals surface area (Å²) in [5.41, 5.74) is -1.22. The van der Waals surface area contributed by atoms with Crippen LogP contribution in [-0.2, 0) is 6.18 Å². The highest BCUT2D eigenvalue weighted by atomic mass is 19.4. The zero-order valence-corrected chi connectivity index (χ0v) is 11.0. The van der Waals surface area contributed by atoms with Crippen molar-refractivity contribution < 1.29 is 18.1 Å². The van der Waals surface area contributed by atoms with Crippen molar-refractivity contribution in [3.63, 3.8) is 0 Å². The fourth-order valence-corrected chi connectivity index (χ4v) is 2.58. The second kappa shape index (κ2) is 5.40. The zero-order chi connectivity index (χ0) is 14.9. The van der Waals surface area contributed by atoms with Crippen LogP contribution in [0.5, 0.6) is 0 Å². The summed E-state index contributed by atoms with van der Waals surface area (Å²) in [6, 6.07) is 3.06. The molecule has 1 aliphatic heterocycles. The minimum atomic E-state index is -4.56. The molecule has 1 saturated heterocycles. The molecule has 1 aromatic carbocycles. The van der Waals surface area contributed by atoms with Gasteiger partial charge in [-0.3, -0.25) is 10.1 Å². The van der Waals surface area contributed by atoms with Gasteiger partial charge in [0.05, 0.1) is 10.5 Å². The Kier molecular flexibility index (Phi) is 3.99. The van der Waals surface area contributed by atoms with E-state index in [-0.39, 0.29) is 11.5 Å². The molecular weight excluding hydrogens is 273 g/mol. The summed E-state index contributed by atoms with van der Waals surface area (Å²) in [5, 5.41) is 10.6. The van der Waals surface area contributed by atoms with Gasteiger partial charge in [-0.05, 0) is 44.5 Å². The van der Waals surface area contributed by atoms with Crippen LogP contribution in [0.15, 0.2) is 18.2 Å². The minimum Gasteiger partial charge on any atom is -0.306 e. The predicted molar refractivity (Wildman–Crippen MR) is 67.6 cm³/mol. The molecule has 0 atom stereocenters. The Labute approximate surface area is 114 Å². The van der Waals surface area contributed by atoms with E-state index in [1.54, 1.807) is 0 Å². The van der Waals surface area contributed by atoms with E-state index in [0.29, 0.717) is 18.9 Å². The lowest BCUT2D eigenvalue weighted by molar-refractivity contribution is -0.385. The standard InChI is InChI=1S/C13H15F3N2O2/c1-17-6-4-9(5-7-17)11-3-2-10(18(19)20)8-12(11)13(14,15)16/h2-3,8-9H,4-7H2,1H3. The fourth-order valence-electron chi connectivity index (χ4n) is 2.58. The Morgan fingerprint density at radius 1 is 1.30 bits per heavy atom. The molecule has 1 aliphatic rings. The Hall–Kier alpha value is -1.63. The largest absolute Gasteiger partial charge is 0.416 e. The molecule has 4 nitrogen and oxygen atoms in total. The summed E-state index contributed by atoms with van der Waals surface area (Å²) in [7, 11) is 1.93. The Morgan fingerprint density at radius 2 is 1.90 bits per heavy atom. The molecule has 0 amide bonds. The molecule has 110 valence electrons. The highest BCUT2D eigenvalue weighted by molar-refractivity contribution is 5.43. The summed E-state index contributed by atoms with van der Waals surface area (Å²) in [6.07, 6.45) is -3.29. The van der Waals surface area contributed by atoms with E-state index in [0.717, 1.165) is 19.2 Å². The van der Waals surface area contributed by atoms with E-state index in [1.807, 2.05) is 7.05 Å². The first-order valence-corrected chi connectivity index (χ1v) is 6.33. The third kappa shape index (κ3) is 3.09. The van der Waals surface area contributed by atoms with Crippen LogP contribution in [0.2, 0.25) is 0 Å². The zero-order valence-electron chi connectivity index (χ0n) is 11.0. The van der Waals surface area contributed by atoms with Crippen molar-refractivity contribution in [3.05, 3.63) is 39.4 Å². The van der Waals surface area contributed by atoms with Crippen LogP contribution in [0.1, 0.15) is 29.9 Å². The number of piperidine rings is 1. The molecular formula is C13H15F3N2O2. The SMILES string of the molecule is CN1CCC(c2ccc([N+](=O)[O-])cc2C(F)(F)F)CC1. The van der Waals surface area contributed by atoms with E-state index in [1.165, 1.54) is 6.07 Å². The van der Waals surface area contributed by atoms with Crippen LogP contribution in [-0.4, -0.2) is 30.0 Å². The lowest BCUT2D eigenvalue weighted by Gasteiger charge is -2.30. The number of hydrogen-bond acceptors (Lipinski definition) is 3. The second-order valence-corrected chi connectivity index (χ2v) is 5.10. The normalized spacial score (nSPS) is 18.2. The Balaban J connectivity index is 2.39. The van der Waals surface area contributed by atoms with Gasteiger partial charge in [-0.15, -0.1) is 0 Å². The van der Waals surface area contributed by atoms with Crippen molar-refractivity contribution in [1.29, 1.82) is 0 Å². The molecule has 1 aromatic rings. The number of nitro groups is 1. The molecule has 0 unspecified atom stereocenters. The molecule has 2 rings (SSSR count). The summed E-state index contributed by atoms with van der Waals surface area (Å²) in [5.74, 6) is -0.191. The molecule has 1 fully saturated rings. The lowest BCUT2D eigenvalue weighted by atomic mass is 9.86. The quantitative estimate of drug-likeness (QED) is 0.618. The topological polar surface area (TPSA) is 46.4 Å². The fraction of sp³-hybridized carbons (Fsp3) is 0.538. The minimum absolute atomic E-state index is 0.177. The third-order valence-electron chi connectivity index (χ3n) is 3.71. The van der Waals surface area contributed by atoms with Gasteiger partial charge in [0.15, 0.2) is 0 Å². The molecule has 0 N–H and O–H groups in total. The van der Waals surface area contributed by atoms with Gasteiger partial charge in [0, 0.05) is 12.1 Å². The lowest BCUT2D eigenvalue weighted by Crippen LogP contribution is -2.30. The number of rotatable bonds is 2. The maximum Gasteiger partial charge on any atom is 0.416 e. The molecule has 0 saturated carbocycles. The monoisotopic (exact) mass is 288 g/mol. The number of nitrogens with zero attached hydrogens (tertiary/aromatic N) is 2. The summed E-state index contributed by atoms with van der Waals surface area (Å²) in [6.45, 7) is 1.47. The van der Waals surface area contributed by atoms with E-state index < -0.39 is 22.4 Å². The van der Waals surface area contributed by atoms with Crippen LogP contribution < -0.4 is 0 Å². The van der Waals surface area contributed by atoms with Crippen LogP contribution in [0.4, 0.5) is 18.9 Å². The summed E-state index contributed by atoms with van der Waals surface area (Å²) in [4.78, 5) is 11.9. The van der Waals surface area contributed by atoms with Crippen LogP contribution in [0, 0.1) is 10.1 Å². The van der Waals surface area contributed by atoms with Crippen molar-refractivity contribution in [3.8, 4) is 0 Å². The smallest absolute Gasteiger partial charge is 0.306 e. The van der Waals surface area contributed by atoms with Crippen molar-refractivity contribution in [1.82, 2.24) is 4.90 Å². The van der Waals surface area contributed by atoms with Gasteiger partial charge in [-0.25, -0.2) is 0 Å². The molecule has 7 heteroatoms. The maximum absolute atomic E-state index is 13.1. The van der Waals surface area contributed by atoms with Crippen molar-refractivity contribution in [2.45, 2.75) is 24.9 Å². The summed E-state index contributed by atoms with van der Waals surface area (Å²) >= 11 is 0. The number of halogens is 3. The Morgan fingerprint density at radius 3 is 2.40 bits per heavy atom. The first kappa shape index (κ1) is 14.8. The second-order valence-electron chi connectivity index (χ2n) is 5.10. The van der Waals surface area contributed by atoms with Crippen LogP contribution in [0.25, 0.3) is 0 Å². The number of hydrogen-bond donors (Lipinski definition) is 0. The highest BCUT2D eigenvalue weighted by Gasteiger charge is 2.37. The predicted octanol–water partition coefficient (Wildman–Crippen LogP) is 3.42.